The van der Waals surface area contributed by atoms with Crippen molar-refractivity contribution in [1.82, 2.24) is 14.2 Å². The fourth-order valence-electron chi connectivity index (χ4n) is 3.57. The second-order valence-electron chi connectivity index (χ2n) is 7.60. The first-order valence-electron chi connectivity index (χ1n) is 9.92. The van der Waals surface area contributed by atoms with E-state index in [1.807, 2.05) is 0 Å². The molecule has 0 radical (unpaired) electrons. The van der Waals surface area contributed by atoms with Crippen molar-refractivity contribution in [3.05, 3.63) is 52.8 Å². The van der Waals surface area contributed by atoms with Gasteiger partial charge in [-0.1, -0.05) is 19.1 Å². The number of amides is 1. The summed E-state index contributed by atoms with van der Waals surface area (Å²) in [6.45, 7) is 3.76. The fourth-order valence-corrected chi connectivity index (χ4v) is 5.80. The van der Waals surface area contributed by atoms with E-state index < -0.39 is 16.1 Å². The van der Waals surface area contributed by atoms with Crippen molar-refractivity contribution in [2.45, 2.75) is 43.7 Å². The molecule has 1 unspecified atom stereocenters. The second-order valence-corrected chi connectivity index (χ2v) is 10.1. The minimum atomic E-state index is -3.91. The number of aromatic nitrogens is 1. The normalized spacial score (nSPS) is 16.2. The summed E-state index contributed by atoms with van der Waals surface area (Å²) >= 11 is 3.28. The van der Waals surface area contributed by atoms with Gasteiger partial charge in [0.2, 0.25) is 15.9 Å². The topological polar surface area (TPSA) is 95.2 Å². The van der Waals surface area contributed by atoms with E-state index in [0.29, 0.717) is 35.7 Å². The number of nitrogens with zero attached hydrogens (tertiary/aromatic N) is 3. The molecule has 1 aromatic heterocycles. The van der Waals surface area contributed by atoms with Crippen LogP contribution in [0.25, 0.3) is 0 Å². The van der Waals surface area contributed by atoms with Crippen molar-refractivity contribution in [2.24, 2.45) is 5.92 Å². The van der Waals surface area contributed by atoms with Gasteiger partial charge in [-0.3, -0.25) is 4.79 Å². The van der Waals surface area contributed by atoms with Gasteiger partial charge in [-0.25, -0.2) is 8.42 Å². The zero-order valence-corrected chi connectivity index (χ0v) is 19.2. The molecule has 1 fully saturated rings. The van der Waals surface area contributed by atoms with E-state index in [0.717, 1.165) is 12.8 Å². The Labute approximate surface area is 185 Å². The largest absolute Gasteiger partial charge is 0.341 e. The van der Waals surface area contributed by atoms with Crippen molar-refractivity contribution < 1.29 is 13.2 Å². The molecule has 30 heavy (non-hydrogen) atoms. The van der Waals surface area contributed by atoms with E-state index in [-0.39, 0.29) is 17.2 Å². The predicted octanol–water partition coefficient (Wildman–Crippen LogP) is 3.12. The van der Waals surface area contributed by atoms with Crippen LogP contribution in [0.2, 0.25) is 0 Å². The van der Waals surface area contributed by atoms with Crippen LogP contribution in [0.3, 0.4) is 0 Å². The van der Waals surface area contributed by atoms with Crippen LogP contribution in [-0.2, 0) is 21.4 Å². The van der Waals surface area contributed by atoms with Gasteiger partial charge in [-0.2, -0.15) is 9.98 Å². The number of nitriles is 1. The number of aryl methyl sites for hydroxylation is 1. The quantitative estimate of drug-likeness (QED) is 0.641. The van der Waals surface area contributed by atoms with Gasteiger partial charge in [0.05, 0.1) is 4.90 Å². The molecule has 1 amide bonds. The Morgan fingerprint density at radius 3 is 2.63 bits per heavy atom. The number of rotatable bonds is 7. The van der Waals surface area contributed by atoms with Crippen LogP contribution in [0.4, 0.5) is 0 Å². The van der Waals surface area contributed by atoms with E-state index in [1.54, 1.807) is 46.0 Å². The molecule has 0 saturated carbocycles. The monoisotopic (exact) mass is 492 g/mol. The molecule has 9 heteroatoms. The molecule has 1 saturated heterocycles. The summed E-state index contributed by atoms with van der Waals surface area (Å²) in [6, 6.07) is 11.2. The zero-order chi connectivity index (χ0) is 21.7. The Bertz CT molecular complexity index is 1040. The maximum atomic E-state index is 13.2. The molecule has 0 aliphatic carbocycles. The highest BCUT2D eigenvalue weighted by atomic mass is 79.9. The molecular weight excluding hydrogens is 468 g/mol. The van der Waals surface area contributed by atoms with Gasteiger partial charge in [0.15, 0.2) is 0 Å². The second kappa shape index (κ2) is 9.77. The lowest BCUT2D eigenvalue weighted by molar-refractivity contribution is -0.134. The lowest BCUT2D eigenvalue weighted by Gasteiger charge is -2.33. The first-order chi connectivity index (χ1) is 14.3. The van der Waals surface area contributed by atoms with Crippen molar-refractivity contribution >= 4 is 31.9 Å². The van der Waals surface area contributed by atoms with Gasteiger partial charge in [-0.15, -0.1) is 0 Å². The molecule has 3 rings (SSSR count). The van der Waals surface area contributed by atoms with E-state index in [4.69, 9.17) is 0 Å². The van der Waals surface area contributed by atoms with Crippen LogP contribution in [0.1, 0.15) is 31.9 Å². The summed E-state index contributed by atoms with van der Waals surface area (Å²) in [5.74, 6) is 0.339. The van der Waals surface area contributed by atoms with E-state index in [1.165, 1.54) is 6.07 Å². The van der Waals surface area contributed by atoms with Crippen LogP contribution in [0.5, 0.6) is 0 Å². The molecule has 2 aromatic rings. The smallest absolute Gasteiger partial charge is 0.242 e. The number of benzene rings is 1. The van der Waals surface area contributed by atoms with Crippen LogP contribution >= 0.6 is 15.9 Å². The van der Waals surface area contributed by atoms with Gasteiger partial charge < -0.3 is 9.47 Å². The maximum Gasteiger partial charge on any atom is 0.242 e. The number of hydrogen-bond acceptors (Lipinski definition) is 4. The number of hydrogen-bond donors (Lipinski definition) is 1. The Morgan fingerprint density at radius 2 is 1.97 bits per heavy atom. The van der Waals surface area contributed by atoms with Gasteiger partial charge in [0.25, 0.3) is 0 Å². The lowest BCUT2D eigenvalue weighted by Crippen LogP contribution is -2.51. The minimum absolute atomic E-state index is 0.0914. The molecule has 1 aliphatic rings. The SMILES string of the molecule is CC1CCN(C(=O)C(CCn2cccc2C#N)NS(=O)(=O)c2ccccc2Br)CC1. The van der Waals surface area contributed by atoms with Crippen LogP contribution in [0, 0.1) is 17.2 Å². The third kappa shape index (κ3) is 5.31. The summed E-state index contributed by atoms with van der Waals surface area (Å²) in [4.78, 5) is 15.1. The molecule has 1 aliphatic heterocycles. The molecule has 1 N–H and O–H groups in total. The summed E-state index contributed by atoms with van der Waals surface area (Å²) in [7, 11) is -3.91. The van der Waals surface area contributed by atoms with E-state index in [2.05, 4.69) is 33.6 Å². The Morgan fingerprint density at radius 1 is 1.27 bits per heavy atom. The Hall–Kier alpha value is -2.15. The number of sulfonamides is 1. The minimum Gasteiger partial charge on any atom is -0.341 e. The van der Waals surface area contributed by atoms with E-state index in [9.17, 15) is 18.5 Å². The molecule has 1 atom stereocenters. The molecule has 2 heterocycles. The summed E-state index contributed by atoms with van der Waals surface area (Å²) < 4.78 is 30.8. The number of carbonyl (C=O) groups is 1. The van der Waals surface area contributed by atoms with Crippen molar-refractivity contribution in [3.63, 3.8) is 0 Å². The number of piperidine rings is 1. The number of halogens is 1. The molecule has 0 bridgehead atoms. The standard InChI is InChI=1S/C21H25BrN4O3S/c1-16-8-12-26(13-9-16)21(27)19(10-14-25-11-4-5-17(25)15-23)24-30(28,29)20-7-3-2-6-18(20)22/h2-7,11,16,19,24H,8-10,12-14H2,1H3. The molecule has 1 aromatic carbocycles. The van der Waals surface area contributed by atoms with Crippen LogP contribution < -0.4 is 4.72 Å². The van der Waals surface area contributed by atoms with Gasteiger partial charge >= 0.3 is 0 Å². The highest BCUT2D eigenvalue weighted by molar-refractivity contribution is 9.10. The number of carbonyl (C=O) groups excluding carboxylic acids is 1. The van der Waals surface area contributed by atoms with Crippen molar-refractivity contribution in [3.8, 4) is 6.07 Å². The van der Waals surface area contributed by atoms with Crippen molar-refractivity contribution in [2.75, 3.05) is 13.1 Å². The highest BCUT2D eigenvalue weighted by Crippen LogP contribution is 2.23. The third-order valence-electron chi connectivity index (χ3n) is 5.42. The number of likely N-dealkylation sites (tertiary alicyclic amines) is 1. The maximum absolute atomic E-state index is 13.2. The van der Waals surface area contributed by atoms with Crippen LogP contribution in [-0.4, -0.2) is 42.9 Å². The summed E-state index contributed by atoms with van der Waals surface area (Å²) in [5.41, 5.74) is 0.474. The average Bonchev–Trinajstić information content (AvgIpc) is 3.19. The first kappa shape index (κ1) is 22.5. The number of nitrogens with one attached hydrogen (secondary N) is 1. The molecule has 0 spiro atoms. The molecule has 7 nitrogen and oxygen atoms in total. The van der Waals surface area contributed by atoms with Gasteiger partial charge in [0.1, 0.15) is 17.8 Å². The zero-order valence-electron chi connectivity index (χ0n) is 16.8. The van der Waals surface area contributed by atoms with Crippen LogP contribution in [0.15, 0.2) is 52.0 Å². The first-order valence-corrected chi connectivity index (χ1v) is 12.2. The lowest BCUT2D eigenvalue weighted by atomic mass is 9.98. The summed E-state index contributed by atoms with van der Waals surface area (Å²) in [6.07, 6.45) is 3.82. The third-order valence-corrected chi connectivity index (χ3v) is 7.90. The highest BCUT2D eigenvalue weighted by Gasteiger charge is 2.31. The predicted molar refractivity (Wildman–Crippen MR) is 117 cm³/mol. The van der Waals surface area contributed by atoms with Gasteiger partial charge in [-0.05, 0) is 65.4 Å². The van der Waals surface area contributed by atoms with E-state index >= 15 is 0 Å². The fraction of sp³-hybridized carbons (Fsp3) is 0.429. The Kier molecular flexibility index (Phi) is 7.34. The Balaban J connectivity index is 1.82. The summed E-state index contributed by atoms with van der Waals surface area (Å²) in [5, 5.41) is 9.21. The molecule has 160 valence electrons. The van der Waals surface area contributed by atoms with Gasteiger partial charge in [0, 0.05) is 30.3 Å². The average molecular weight is 493 g/mol. The van der Waals surface area contributed by atoms with Crippen molar-refractivity contribution in [1.29, 1.82) is 5.26 Å². The molecular formula is C21H25BrN4O3S.